The summed E-state index contributed by atoms with van der Waals surface area (Å²) in [6.07, 6.45) is 0. The highest BCUT2D eigenvalue weighted by atomic mass is 79.9. The van der Waals surface area contributed by atoms with E-state index in [0.29, 0.717) is 21.8 Å². The average Bonchev–Trinajstić information content (AvgIpc) is 2.41. The lowest BCUT2D eigenvalue weighted by atomic mass is 10.2. The molecule has 2 nitrogen and oxygen atoms in total. The zero-order chi connectivity index (χ0) is 13.8. The van der Waals surface area contributed by atoms with E-state index in [1.165, 1.54) is 6.07 Å². The number of benzene rings is 2. The van der Waals surface area contributed by atoms with Crippen LogP contribution in [0.5, 0.6) is 5.75 Å². The minimum absolute atomic E-state index is 0.236. The van der Waals surface area contributed by atoms with Crippen molar-refractivity contribution in [2.24, 2.45) is 5.73 Å². The van der Waals surface area contributed by atoms with Crippen molar-refractivity contribution in [2.75, 3.05) is 0 Å². The molecular weight excluding hydrogens is 333 g/mol. The molecular formula is C14H12BrClFNO. The molecule has 100 valence electrons. The van der Waals surface area contributed by atoms with E-state index in [0.717, 1.165) is 11.1 Å². The van der Waals surface area contributed by atoms with Crippen molar-refractivity contribution in [2.45, 2.75) is 13.2 Å². The van der Waals surface area contributed by atoms with Gasteiger partial charge in [-0.25, -0.2) is 4.39 Å². The fourth-order valence-electron chi connectivity index (χ4n) is 1.60. The molecule has 0 aliphatic carbocycles. The third-order valence-corrected chi connectivity index (χ3v) is 3.83. The third kappa shape index (κ3) is 3.47. The molecule has 0 atom stereocenters. The van der Waals surface area contributed by atoms with Crippen LogP contribution in [0.15, 0.2) is 40.9 Å². The summed E-state index contributed by atoms with van der Waals surface area (Å²) in [6, 6.07) is 10.2. The van der Waals surface area contributed by atoms with E-state index >= 15 is 0 Å². The van der Waals surface area contributed by atoms with Crippen LogP contribution in [0.2, 0.25) is 5.02 Å². The van der Waals surface area contributed by atoms with Crippen molar-refractivity contribution in [3.63, 3.8) is 0 Å². The molecule has 0 spiro atoms. The van der Waals surface area contributed by atoms with Gasteiger partial charge in [-0.15, -0.1) is 0 Å². The van der Waals surface area contributed by atoms with Crippen LogP contribution < -0.4 is 10.5 Å². The Morgan fingerprint density at radius 3 is 2.74 bits per heavy atom. The van der Waals surface area contributed by atoms with Crippen LogP contribution in [0.25, 0.3) is 0 Å². The van der Waals surface area contributed by atoms with E-state index in [1.807, 2.05) is 6.07 Å². The minimum atomic E-state index is -0.314. The Labute approximate surface area is 124 Å². The van der Waals surface area contributed by atoms with Gasteiger partial charge in [0, 0.05) is 12.1 Å². The van der Waals surface area contributed by atoms with E-state index in [2.05, 4.69) is 15.9 Å². The lowest BCUT2D eigenvalue weighted by Gasteiger charge is -2.10. The van der Waals surface area contributed by atoms with Gasteiger partial charge in [-0.2, -0.15) is 0 Å². The van der Waals surface area contributed by atoms with Crippen molar-refractivity contribution >= 4 is 27.5 Å². The summed E-state index contributed by atoms with van der Waals surface area (Å²) in [6.45, 7) is 0.662. The van der Waals surface area contributed by atoms with Gasteiger partial charge >= 0.3 is 0 Å². The molecule has 0 bridgehead atoms. The summed E-state index contributed by atoms with van der Waals surface area (Å²) in [4.78, 5) is 0. The van der Waals surface area contributed by atoms with Crippen LogP contribution in [0, 0.1) is 5.82 Å². The Morgan fingerprint density at radius 1 is 1.26 bits per heavy atom. The number of nitrogens with two attached hydrogens (primary N) is 1. The van der Waals surface area contributed by atoms with Gasteiger partial charge in [0.25, 0.3) is 0 Å². The van der Waals surface area contributed by atoms with E-state index in [-0.39, 0.29) is 12.4 Å². The molecule has 0 aliphatic heterocycles. The van der Waals surface area contributed by atoms with Gasteiger partial charge < -0.3 is 10.5 Å². The molecule has 5 heteroatoms. The molecule has 0 amide bonds. The Morgan fingerprint density at radius 2 is 2.05 bits per heavy atom. The molecule has 0 heterocycles. The summed E-state index contributed by atoms with van der Waals surface area (Å²) in [5.41, 5.74) is 7.18. The third-order valence-electron chi connectivity index (χ3n) is 2.65. The first-order valence-electron chi connectivity index (χ1n) is 5.66. The first-order chi connectivity index (χ1) is 9.11. The lowest BCUT2D eigenvalue weighted by Crippen LogP contribution is -2.00. The second kappa shape index (κ2) is 6.37. The fraction of sp³-hybridized carbons (Fsp3) is 0.143. The maximum atomic E-state index is 13.3. The molecule has 0 saturated carbocycles. The molecule has 2 aromatic carbocycles. The number of rotatable bonds is 4. The topological polar surface area (TPSA) is 35.2 Å². The van der Waals surface area contributed by atoms with Crippen LogP contribution in [0.4, 0.5) is 4.39 Å². The monoisotopic (exact) mass is 343 g/mol. The standard InChI is InChI=1S/C14H12BrClFNO/c15-14-10(2-1-3-12(14)17)8-19-13-5-4-9(7-18)6-11(13)16/h1-6H,7-8,18H2. The first kappa shape index (κ1) is 14.3. The van der Waals surface area contributed by atoms with Crippen LogP contribution in [-0.4, -0.2) is 0 Å². The van der Waals surface area contributed by atoms with Crippen molar-refractivity contribution < 1.29 is 9.13 Å². The highest BCUT2D eigenvalue weighted by Crippen LogP contribution is 2.28. The summed E-state index contributed by atoms with van der Waals surface area (Å²) in [5, 5.41) is 0.496. The molecule has 0 radical (unpaired) electrons. The second-order valence-corrected chi connectivity index (χ2v) is 5.17. The Balaban J connectivity index is 2.12. The van der Waals surface area contributed by atoms with Crippen LogP contribution in [0.1, 0.15) is 11.1 Å². The Hall–Kier alpha value is -1.10. The fourth-order valence-corrected chi connectivity index (χ4v) is 2.24. The molecule has 0 aromatic heterocycles. The van der Waals surface area contributed by atoms with Gasteiger partial charge in [-0.3, -0.25) is 0 Å². The van der Waals surface area contributed by atoms with E-state index in [4.69, 9.17) is 22.1 Å². The predicted octanol–water partition coefficient (Wildman–Crippen LogP) is 4.28. The maximum absolute atomic E-state index is 13.3. The van der Waals surface area contributed by atoms with Gasteiger partial charge in [0.1, 0.15) is 18.2 Å². The molecule has 19 heavy (non-hydrogen) atoms. The second-order valence-electron chi connectivity index (χ2n) is 3.97. The molecule has 0 unspecified atom stereocenters. The smallest absolute Gasteiger partial charge is 0.138 e. The van der Waals surface area contributed by atoms with Crippen LogP contribution >= 0.6 is 27.5 Å². The van der Waals surface area contributed by atoms with Crippen molar-refractivity contribution in [1.82, 2.24) is 0 Å². The molecule has 2 rings (SSSR count). The zero-order valence-electron chi connectivity index (χ0n) is 10.00. The van der Waals surface area contributed by atoms with Crippen molar-refractivity contribution in [3.8, 4) is 5.75 Å². The van der Waals surface area contributed by atoms with E-state index in [1.54, 1.807) is 24.3 Å². The molecule has 0 fully saturated rings. The molecule has 0 aliphatic rings. The zero-order valence-corrected chi connectivity index (χ0v) is 12.3. The van der Waals surface area contributed by atoms with Gasteiger partial charge in [-0.1, -0.05) is 29.8 Å². The highest BCUT2D eigenvalue weighted by Gasteiger charge is 2.07. The van der Waals surface area contributed by atoms with Gasteiger partial charge in [-0.05, 0) is 39.7 Å². The van der Waals surface area contributed by atoms with Crippen LogP contribution in [-0.2, 0) is 13.2 Å². The number of hydrogen-bond acceptors (Lipinski definition) is 2. The lowest BCUT2D eigenvalue weighted by molar-refractivity contribution is 0.305. The number of hydrogen-bond donors (Lipinski definition) is 1. The summed E-state index contributed by atoms with van der Waals surface area (Å²) in [7, 11) is 0. The normalized spacial score (nSPS) is 10.5. The van der Waals surface area contributed by atoms with Gasteiger partial charge in [0.05, 0.1) is 9.50 Å². The molecule has 2 aromatic rings. The quantitative estimate of drug-likeness (QED) is 0.898. The number of halogens is 3. The molecule has 2 N–H and O–H groups in total. The van der Waals surface area contributed by atoms with E-state index in [9.17, 15) is 4.39 Å². The predicted molar refractivity (Wildman–Crippen MR) is 77.8 cm³/mol. The van der Waals surface area contributed by atoms with Crippen LogP contribution in [0.3, 0.4) is 0 Å². The number of ether oxygens (including phenoxy) is 1. The summed E-state index contributed by atoms with van der Waals surface area (Å²) >= 11 is 9.27. The van der Waals surface area contributed by atoms with Gasteiger partial charge in [0.15, 0.2) is 0 Å². The molecule has 0 saturated heterocycles. The highest BCUT2D eigenvalue weighted by molar-refractivity contribution is 9.10. The Bertz CT molecular complexity index is 592. The largest absolute Gasteiger partial charge is 0.487 e. The summed E-state index contributed by atoms with van der Waals surface area (Å²) in [5.74, 6) is 0.237. The first-order valence-corrected chi connectivity index (χ1v) is 6.83. The van der Waals surface area contributed by atoms with E-state index < -0.39 is 0 Å². The minimum Gasteiger partial charge on any atom is -0.487 e. The summed E-state index contributed by atoms with van der Waals surface area (Å²) < 4.78 is 19.3. The maximum Gasteiger partial charge on any atom is 0.138 e. The van der Waals surface area contributed by atoms with Crippen molar-refractivity contribution in [1.29, 1.82) is 0 Å². The Kier molecular flexibility index (Phi) is 4.80. The van der Waals surface area contributed by atoms with Crippen molar-refractivity contribution in [3.05, 3.63) is 62.8 Å². The average molecular weight is 345 g/mol. The van der Waals surface area contributed by atoms with Gasteiger partial charge in [0.2, 0.25) is 0 Å². The SMILES string of the molecule is NCc1ccc(OCc2cccc(F)c2Br)c(Cl)c1.